The molecule has 3 aliphatic rings. The summed E-state index contributed by atoms with van der Waals surface area (Å²) in [5, 5.41) is 10.7. The lowest BCUT2D eigenvalue weighted by molar-refractivity contribution is 0.0904. The van der Waals surface area contributed by atoms with Gasteiger partial charge in [-0.3, -0.25) is 14.6 Å². The van der Waals surface area contributed by atoms with E-state index < -0.39 is 0 Å². The number of amides is 2. The first-order chi connectivity index (χ1) is 17.2. The number of carbonyl (C=O) groups excluding carboxylic acids is 2. The van der Waals surface area contributed by atoms with Crippen molar-refractivity contribution in [3.63, 3.8) is 0 Å². The zero-order valence-electron chi connectivity index (χ0n) is 19.6. The van der Waals surface area contributed by atoms with Crippen molar-refractivity contribution in [2.45, 2.75) is 44.1 Å². The number of aromatic nitrogens is 2. The third kappa shape index (κ3) is 4.34. The van der Waals surface area contributed by atoms with E-state index in [0.717, 1.165) is 67.8 Å². The lowest BCUT2D eigenvalue weighted by Crippen LogP contribution is -2.42. The molecule has 1 aromatic carbocycles. The maximum Gasteiger partial charge on any atom is 0.273 e. The lowest BCUT2D eigenvalue weighted by atomic mass is 9.81. The molecule has 6 rings (SSSR count). The number of rotatable bonds is 6. The normalized spacial score (nSPS) is 19.3. The third-order valence-corrected chi connectivity index (χ3v) is 7.45. The van der Waals surface area contributed by atoms with Crippen LogP contribution >= 0.6 is 0 Å². The summed E-state index contributed by atoms with van der Waals surface area (Å²) in [4.78, 5) is 32.7. The van der Waals surface area contributed by atoms with Gasteiger partial charge in [0.2, 0.25) is 0 Å². The number of nitrogens with zero attached hydrogens (tertiary/aromatic N) is 3. The predicted molar refractivity (Wildman–Crippen MR) is 130 cm³/mol. The quantitative estimate of drug-likeness (QED) is 0.570. The van der Waals surface area contributed by atoms with Crippen molar-refractivity contribution in [3.05, 3.63) is 76.9 Å². The summed E-state index contributed by atoms with van der Waals surface area (Å²) in [5.41, 5.74) is 3.89. The number of benzene rings is 1. The first-order valence-electron chi connectivity index (χ1n) is 12.5. The highest BCUT2D eigenvalue weighted by Gasteiger charge is 2.34. The summed E-state index contributed by atoms with van der Waals surface area (Å²) in [5.74, 6) is 1.22. The van der Waals surface area contributed by atoms with Gasteiger partial charge in [-0.05, 0) is 80.4 Å². The second-order valence-electron chi connectivity index (χ2n) is 9.72. The van der Waals surface area contributed by atoms with E-state index in [2.05, 4.69) is 26.8 Å². The smallest absolute Gasteiger partial charge is 0.273 e. The Bertz CT molecular complexity index is 1230. The van der Waals surface area contributed by atoms with E-state index in [1.54, 1.807) is 23.4 Å². The minimum absolute atomic E-state index is 0.0259. The van der Waals surface area contributed by atoms with Crippen LogP contribution in [0.5, 0.6) is 0 Å². The molecule has 1 saturated heterocycles. The molecule has 4 heterocycles. The fourth-order valence-corrected chi connectivity index (χ4v) is 5.40. The molecule has 0 radical (unpaired) electrons. The SMILES string of the molecule is O=C(NC(c1cccc2c1CCN(c1cccnc1)C2=O)C1CCNCC1)c1cc(C2CC2)on1. The Morgan fingerprint density at radius 1 is 1.14 bits per heavy atom. The number of nitrogens with one attached hydrogen (secondary N) is 2. The number of piperidine rings is 1. The monoisotopic (exact) mass is 471 g/mol. The predicted octanol–water partition coefficient (Wildman–Crippen LogP) is 3.62. The Morgan fingerprint density at radius 2 is 2.00 bits per heavy atom. The van der Waals surface area contributed by atoms with Crippen LogP contribution < -0.4 is 15.5 Å². The summed E-state index contributed by atoms with van der Waals surface area (Å²) >= 11 is 0. The minimum Gasteiger partial charge on any atom is -0.360 e. The van der Waals surface area contributed by atoms with Crippen LogP contribution in [0, 0.1) is 5.92 Å². The molecular formula is C27H29N5O3. The van der Waals surface area contributed by atoms with Gasteiger partial charge in [0, 0.05) is 30.3 Å². The van der Waals surface area contributed by atoms with Crippen molar-refractivity contribution < 1.29 is 14.1 Å². The van der Waals surface area contributed by atoms with Crippen molar-refractivity contribution in [2.24, 2.45) is 5.92 Å². The van der Waals surface area contributed by atoms with Crippen LogP contribution in [-0.2, 0) is 6.42 Å². The zero-order chi connectivity index (χ0) is 23.8. The van der Waals surface area contributed by atoms with Gasteiger partial charge in [-0.1, -0.05) is 17.3 Å². The van der Waals surface area contributed by atoms with Crippen LogP contribution in [0.25, 0.3) is 0 Å². The number of pyridine rings is 1. The summed E-state index contributed by atoms with van der Waals surface area (Å²) in [6, 6.07) is 11.2. The Hall–Kier alpha value is -3.52. The molecule has 2 N–H and O–H groups in total. The van der Waals surface area contributed by atoms with E-state index in [9.17, 15) is 9.59 Å². The molecule has 0 spiro atoms. The number of carbonyl (C=O) groups is 2. The number of hydrogen-bond donors (Lipinski definition) is 2. The van der Waals surface area contributed by atoms with E-state index in [1.165, 1.54) is 0 Å². The van der Waals surface area contributed by atoms with Crippen molar-refractivity contribution in [1.82, 2.24) is 20.8 Å². The largest absolute Gasteiger partial charge is 0.360 e. The molecular weight excluding hydrogens is 442 g/mol. The van der Waals surface area contributed by atoms with E-state index in [-0.39, 0.29) is 23.8 Å². The topological polar surface area (TPSA) is 100 Å². The van der Waals surface area contributed by atoms with Gasteiger partial charge in [0.1, 0.15) is 5.76 Å². The molecule has 1 atom stereocenters. The minimum atomic E-state index is -0.221. The Balaban J connectivity index is 1.31. The molecule has 0 bridgehead atoms. The maximum atomic E-state index is 13.5. The van der Waals surface area contributed by atoms with Crippen molar-refractivity contribution in [2.75, 3.05) is 24.5 Å². The molecule has 3 aromatic rings. The number of hydrogen-bond acceptors (Lipinski definition) is 6. The van der Waals surface area contributed by atoms with Crippen LogP contribution in [0.2, 0.25) is 0 Å². The zero-order valence-corrected chi connectivity index (χ0v) is 19.6. The number of anilines is 1. The molecule has 35 heavy (non-hydrogen) atoms. The van der Waals surface area contributed by atoms with Crippen molar-refractivity contribution in [3.8, 4) is 0 Å². The molecule has 8 nitrogen and oxygen atoms in total. The van der Waals surface area contributed by atoms with E-state index in [4.69, 9.17) is 4.52 Å². The van der Waals surface area contributed by atoms with Crippen LogP contribution in [0.3, 0.4) is 0 Å². The van der Waals surface area contributed by atoms with E-state index in [1.807, 2.05) is 24.3 Å². The Morgan fingerprint density at radius 3 is 2.77 bits per heavy atom. The molecule has 180 valence electrons. The van der Waals surface area contributed by atoms with Crippen LogP contribution in [0.15, 0.2) is 53.3 Å². The standard InChI is InChI=1S/C27H29N5O3/c33-26(23-15-24(35-31-23)17-6-7-17)30-25(18-8-12-28-13-9-18)21-4-1-5-22-20(21)10-14-32(27(22)34)19-3-2-11-29-16-19/h1-5,11,15-18,25,28H,6-10,12-14H2,(H,30,33). The second kappa shape index (κ2) is 9.26. The molecule has 1 saturated carbocycles. The van der Waals surface area contributed by atoms with Gasteiger partial charge in [0.15, 0.2) is 5.69 Å². The fraction of sp³-hybridized carbons (Fsp3) is 0.407. The van der Waals surface area contributed by atoms with Gasteiger partial charge in [0.05, 0.1) is 17.9 Å². The van der Waals surface area contributed by atoms with E-state index in [0.29, 0.717) is 23.7 Å². The molecule has 8 heteroatoms. The first-order valence-corrected chi connectivity index (χ1v) is 12.5. The number of fused-ring (bicyclic) bond motifs is 1. The van der Waals surface area contributed by atoms with Gasteiger partial charge >= 0.3 is 0 Å². The van der Waals surface area contributed by atoms with Crippen LogP contribution in [0.1, 0.15) is 75.4 Å². The first kappa shape index (κ1) is 22.0. The summed E-state index contributed by atoms with van der Waals surface area (Å²) in [6.07, 6.45) is 8.24. The van der Waals surface area contributed by atoms with Gasteiger partial charge in [-0.15, -0.1) is 0 Å². The highest BCUT2D eigenvalue weighted by Crippen LogP contribution is 2.40. The Labute approximate surface area is 204 Å². The van der Waals surface area contributed by atoms with Crippen molar-refractivity contribution >= 4 is 17.5 Å². The van der Waals surface area contributed by atoms with E-state index >= 15 is 0 Å². The highest BCUT2D eigenvalue weighted by atomic mass is 16.5. The molecule has 2 aromatic heterocycles. The average Bonchev–Trinajstić information content (AvgIpc) is 3.64. The summed E-state index contributed by atoms with van der Waals surface area (Å²) in [6.45, 7) is 2.40. The maximum absolute atomic E-state index is 13.5. The van der Waals surface area contributed by atoms with Gasteiger partial charge in [-0.25, -0.2) is 0 Å². The lowest BCUT2D eigenvalue weighted by Gasteiger charge is -2.35. The molecule has 2 fully saturated rings. The molecule has 1 unspecified atom stereocenters. The average molecular weight is 472 g/mol. The highest BCUT2D eigenvalue weighted by molar-refractivity contribution is 6.08. The third-order valence-electron chi connectivity index (χ3n) is 7.45. The molecule has 2 amide bonds. The van der Waals surface area contributed by atoms with Gasteiger partial charge in [0.25, 0.3) is 11.8 Å². The summed E-state index contributed by atoms with van der Waals surface area (Å²) < 4.78 is 5.42. The van der Waals surface area contributed by atoms with Crippen LogP contribution in [0.4, 0.5) is 5.69 Å². The fourth-order valence-electron chi connectivity index (χ4n) is 5.40. The van der Waals surface area contributed by atoms with Crippen molar-refractivity contribution in [1.29, 1.82) is 0 Å². The summed E-state index contributed by atoms with van der Waals surface area (Å²) in [7, 11) is 0. The van der Waals surface area contributed by atoms with Gasteiger partial charge in [-0.2, -0.15) is 0 Å². The van der Waals surface area contributed by atoms with Crippen LogP contribution in [-0.4, -0.2) is 41.6 Å². The molecule has 1 aliphatic carbocycles. The second-order valence-corrected chi connectivity index (χ2v) is 9.72. The Kier molecular flexibility index (Phi) is 5.82. The van der Waals surface area contributed by atoms with Gasteiger partial charge < -0.3 is 20.1 Å². The molecule has 2 aliphatic heterocycles.